The quantitative estimate of drug-likeness (QED) is 0.832. The standard InChI is InChI=1S/C10H11Cl2NO3S/c1-5(14)17-4-7(15)9(16)8-6(11)2-3-13-10(8)12/h2-3,7,9,15-16H,4H2,1H3. The first-order valence-electron chi connectivity index (χ1n) is 4.73. The van der Waals surface area contributed by atoms with Gasteiger partial charge in [-0.05, 0) is 6.07 Å². The molecule has 0 aliphatic heterocycles. The maximum absolute atomic E-state index is 10.7. The SMILES string of the molecule is CC(=O)SCC(O)C(O)c1c(Cl)ccnc1Cl. The minimum Gasteiger partial charge on any atom is -0.389 e. The zero-order valence-corrected chi connectivity index (χ0v) is 11.3. The van der Waals surface area contributed by atoms with Gasteiger partial charge in [0, 0.05) is 24.4 Å². The van der Waals surface area contributed by atoms with Crippen molar-refractivity contribution in [3.05, 3.63) is 28.0 Å². The van der Waals surface area contributed by atoms with Crippen molar-refractivity contribution >= 4 is 40.1 Å². The molecule has 0 aromatic carbocycles. The molecule has 0 radical (unpaired) electrons. The van der Waals surface area contributed by atoms with E-state index < -0.39 is 12.2 Å². The Morgan fingerprint density at radius 3 is 2.71 bits per heavy atom. The van der Waals surface area contributed by atoms with Crippen LogP contribution in [0.4, 0.5) is 0 Å². The van der Waals surface area contributed by atoms with Crippen molar-refractivity contribution < 1.29 is 15.0 Å². The van der Waals surface area contributed by atoms with Gasteiger partial charge in [0.05, 0.1) is 11.1 Å². The number of pyridine rings is 1. The lowest BCUT2D eigenvalue weighted by Crippen LogP contribution is -2.22. The summed E-state index contributed by atoms with van der Waals surface area (Å²) in [5, 5.41) is 19.7. The zero-order valence-electron chi connectivity index (χ0n) is 8.93. The van der Waals surface area contributed by atoms with Crippen molar-refractivity contribution in [3.63, 3.8) is 0 Å². The molecule has 0 saturated heterocycles. The van der Waals surface area contributed by atoms with Crippen molar-refractivity contribution in [2.45, 2.75) is 19.1 Å². The molecular formula is C10H11Cl2NO3S. The Kier molecular flexibility index (Phi) is 5.69. The van der Waals surface area contributed by atoms with E-state index in [4.69, 9.17) is 23.2 Å². The lowest BCUT2D eigenvalue weighted by molar-refractivity contribution is -0.109. The monoisotopic (exact) mass is 295 g/mol. The fourth-order valence-electron chi connectivity index (χ4n) is 1.18. The third-order valence-electron chi connectivity index (χ3n) is 2.01. The highest BCUT2D eigenvalue weighted by atomic mass is 35.5. The van der Waals surface area contributed by atoms with Crippen LogP contribution in [0.25, 0.3) is 0 Å². The highest BCUT2D eigenvalue weighted by Gasteiger charge is 2.24. The molecule has 2 unspecified atom stereocenters. The van der Waals surface area contributed by atoms with Gasteiger partial charge in [0.2, 0.25) is 0 Å². The van der Waals surface area contributed by atoms with Gasteiger partial charge in [-0.2, -0.15) is 0 Å². The summed E-state index contributed by atoms with van der Waals surface area (Å²) in [5.41, 5.74) is 0.174. The molecule has 0 fully saturated rings. The van der Waals surface area contributed by atoms with Crippen LogP contribution in [0, 0.1) is 0 Å². The van der Waals surface area contributed by atoms with E-state index in [1.54, 1.807) is 0 Å². The molecule has 0 saturated carbocycles. The fraction of sp³-hybridized carbons (Fsp3) is 0.400. The Hall–Kier alpha value is -0.330. The third kappa shape index (κ3) is 4.12. The smallest absolute Gasteiger partial charge is 0.185 e. The van der Waals surface area contributed by atoms with Gasteiger partial charge in [0.15, 0.2) is 5.12 Å². The normalized spacial score (nSPS) is 14.4. The summed E-state index contributed by atoms with van der Waals surface area (Å²) in [6.07, 6.45) is -1.00. The molecule has 0 aliphatic rings. The molecule has 0 bridgehead atoms. The average Bonchev–Trinajstić information content (AvgIpc) is 2.25. The van der Waals surface area contributed by atoms with Crippen LogP contribution >= 0.6 is 35.0 Å². The van der Waals surface area contributed by atoms with Gasteiger partial charge in [0.25, 0.3) is 0 Å². The van der Waals surface area contributed by atoms with Crippen LogP contribution in [0.1, 0.15) is 18.6 Å². The number of aliphatic hydroxyl groups is 2. The number of hydrogen-bond donors (Lipinski definition) is 2. The van der Waals surface area contributed by atoms with E-state index in [0.29, 0.717) is 0 Å². The second-order valence-electron chi connectivity index (χ2n) is 3.31. The summed E-state index contributed by atoms with van der Waals surface area (Å²) in [5.74, 6) is 0.0675. The topological polar surface area (TPSA) is 70.4 Å². The molecule has 0 spiro atoms. The van der Waals surface area contributed by atoms with E-state index in [0.717, 1.165) is 11.8 Å². The third-order valence-corrected chi connectivity index (χ3v) is 3.55. The van der Waals surface area contributed by atoms with E-state index >= 15 is 0 Å². The fourth-order valence-corrected chi connectivity index (χ4v) is 2.34. The number of hydrogen-bond acceptors (Lipinski definition) is 5. The van der Waals surface area contributed by atoms with Crippen molar-refractivity contribution in [1.29, 1.82) is 0 Å². The predicted octanol–water partition coefficient (Wildman–Crippen LogP) is 2.06. The second kappa shape index (κ2) is 6.56. The summed E-state index contributed by atoms with van der Waals surface area (Å²) in [7, 11) is 0. The van der Waals surface area contributed by atoms with E-state index in [-0.39, 0.29) is 26.6 Å². The first-order chi connectivity index (χ1) is 7.93. The van der Waals surface area contributed by atoms with Gasteiger partial charge < -0.3 is 10.2 Å². The highest BCUT2D eigenvalue weighted by Crippen LogP contribution is 2.31. The van der Waals surface area contributed by atoms with Gasteiger partial charge in [-0.1, -0.05) is 35.0 Å². The van der Waals surface area contributed by atoms with Gasteiger partial charge in [-0.15, -0.1) is 0 Å². The Labute approximate surface area is 113 Å². The molecule has 1 aromatic rings. The molecule has 1 rings (SSSR count). The number of carbonyl (C=O) groups is 1. The van der Waals surface area contributed by atoms with Crippen molar-refractivity contribution in [2.75, 3.05) is 5.75 Å². The summed E-state index contributed by atoms with van der Waals surface area (Å²) in [4.78, 5) is 14.5. The molecule has 2 N–H and O–H groups in total. The Balaban J connectivity index is 2.81. The Morgan fingerprint density at radius 1 is 1.53 bits per heavy atom. The minimum atomic E-state index is -1.27. The molecule has 7 heteroatoms. The van der Waals surface area contributed by atoms with E-state index in [2.05, 4.69) is 4.98 Å². The number of nitrogens with zero attached hydrogens (tertiary/aromatic N) is 1. The van der Waals surface area contributed by atoms with E-state index in [9.17, 15) is 15.0 Å². The number of aromatic nitrogens is 1. The molecule has 1 aromatic heterocycles. The van der Waals surface area contributed by atoms with Crippen LogP contribution in [0.15, 0.2) is 12.3 Å². The van der Waals surface area contributed by atoms with Crippen LogP contribution in [0.5, 0.6) is 0 Å². The lowest BCUT2D eigenvalue weighted by Gasteiger charge is -2.18. The van der Waals surface area contributed by atoms with E-state index in [1.165, 1.54) is 19.2 Å². The maximum Gasteiger partial charge on any atom is 0.185 e. The summed E-state index contributed by atoms with van der Waals surface area (Å²) < 4.78 is 0. The Bertz CT molecular complexity index is 396. The molecule has 2 atom stereocenters. The number of carbonyl (C=O) groups excluding carboxylic acids is 1. The number of rotatable bonds is 4. The van der Waals surface area contributed by atoms with Crippen LogP contribution in [-0.4, -0.2) is 32.2 Å². The van der Waals surface area contributed by atoms with E-state index in [1.807, 2.05) is 0 Å². The Morgan fingerprint density at radius 2 is 2.18 bits per heavy atom. The summed E-state index contributed by atoms with van der Waals surface area (Å²) in [6.45, 7) is 1.38. The average molecular weight is 296 g/mol. The highest BCUT2D eigenvalue weighted by molar-refractivity contribution is 8.13. The molecule has 17 heavy (non-hydrogen) atoms. The molecule has 4 nitrogen and oxygen atoms in total. The van der Waals surface area contributed by atoms with Crippen molar-refractivity contribution in [3.8, 4) is 0 Å². The lowest BCUT2D eigenvalue weighted by atomic mass is 10.1. The second-order valence-corrected chi connectivity index (χ2v) is 5.27. The largest absolute Gasteiger partial charge is 0.389 e. The predicted molar refractivity (Wildman–Crippen MR) is 68.4 cm³/mol. The van der Waals surface area contributed by atoms with Crippen LogP contribution in [0.2, 0.25) is 10.2 Å². The van der Waals surface area contributed by atoms with Crippen LogP contribution in [0.3, 0.4) is 0 Å². The van der Waals surface area contributed by atoms with Crippen LogP contribution < -0.4 is 0 Å². The molecule has 0 aliphatic carbocycles. The van der Waals surface area contributed by atoms with Gasteiger partial charge in [-0.25, -0.2) is 4.98 Å². The summed E-state index contributed by atoms with van der Waals surface area (Å²) in [6, 6.07) is 1.47. The molecule has 1 heterocycles. The molecule has 94 valence electrons. The van der Waals surface area contributed by atoms with Gasteiger partial charge in [-0.3, -0.25) is 4.79 Å². The van der Waals surface area contributed by atoms with Gasteiger partial charge in [0.1, 0.15) is 11.3 Å². The van der Waals surface area contributed by atoms with Crippen LogP contribution in [-0.2, 0) is 4.79 Å². The first-order valence-corrected chi connectivity index (χ1v) is 6.47. The van der Waals surface area contributed by atoms with Gasteiger partial charge >= 0.3 is 0 Å². The summed E-state index contributed by atoms with van der Waals surface area (Å²) >= 11 is 12.6. The maximum atomic E-state index is 10.7. The number of thioether (sulfide) groups is 1. The zero-order chi connectivity index (χ0) is 13.0. The molecule has 0 amide bonds. The number of aliphatic hydroxyl groups excluding tert-OH is 2. The number of halogens is 2. The van der Waals surface area contributed by atoms with Crippen molar-refractivity contribution in [2.24, 2.45) is 0 Å². The molecular weight excluding hydrogens is 285 g/mol. The minimum absolute atomic E-state index is 0.0388. The van der Waals surface area contributed by atoms with Crippen molar-refractivity contribution in [1.82, 2.24) is 4.98 Å². The first kappa shape index (κ1) is 14.7.